The molecule has 0 saturated carbocycles. The number of nitrogens with zero attached hydrogens (tertiary/aromatic N) is 2. The normalized spacial score (nSPS) is 11.9. The molecular weight excluding hydrogens is 272 g/mol. The highest BCUT2D eigenvalue weighted by atomic mass is 16.4. The van der Waals surface area contributed by atoms with E-state index in [-0.39, 0.29) is 23.2 Å². The fraction of sp³-hybridized carbons (Fsp3) is 0.286. The van der Waals surface area contributed by atoms with Gasteiger partial charge < -0.3 is 15.4 Å². The van der Waals surface area contributed by atoms with Crippen LogP contribution < -0.4 is 5.32 Å². The zero-order chi connectivity index (χ0) is 15.4. The maximum Gasteiger partial charge on any atom is 0.337 e. The van der Waals surface area contributed by atoms with Gasteiger partial charge in [0.1, 0.15) is 11.5 Å². The summed E-state index contributed by atoms with van der Waals surface area (Å²) in [6.07, 6.45) is 3.98. The van der Waals surface area contributed by atoms with Gasteiger partial charge in [-0.15, -0.1) is 0 Å². The number of amides is 1. The number of carboxylic acid groups (broad SMARTS) is 1. The van der Waals surface area contributed by atoms with E-state index < -0.39 is 5.97 Å². The van der Waals surface area contributed by atoms with Crippen LogP contribution in [0.4, 0.5) is 0 Å². The third kappa shape index (κ3) is 3.25. The minimum atomic E-state index is -1.06. The van der Waals surface area contributed by atoms with E-state index in [2.05, 4.69) is 20.3 Å². The topological polar surface area (TPSA) is 108 Å². The Morgan fingerprint density at radius 3 is 2.71 bits per heavy atom. The Morgan fingerprint density at radius 1 is 1.43 bits per heavy atom. The molecule has 0 spiro atoms. The van der Waals surface area contributed by atoms with Gasteiger partial charge in [0.15, 0.2) is 0 Å². The highest BCUT2D eigenvalue weighted by molar-refractivity contribution is 5.94. The van der Waals surface area contributed by atoms with Crippen LogP contribution in [0.5, 0.6) is 0 Å². The average Bonchev–Trinajstić information content (AvgIpc) is 2.97. The van der Waals surface area contributed by atoms with Crippen molar-refractivity contribution in [3.63, 3.8) is 0 Å². The first-order valence-electron chi connectivity index (χ1n) is 6.54. The minimum Gasteiger partial charge on any atom is -0.478 e. The predicted molar refractivity (Wildman–Crippen MR) is 75.0 cm³/mol. The Hall–Kier alpha value is -2.70. The SMILES string of the molecule is CCC(NC(=O)c1ccc(C(=O)O)c(C)n1)c1ncc[nH]1. The van der Waals surface area contributed by atoms with Gasteiger partial charge in [-0.2, -0.15) is 0 Å². The standard InChI is InChI=1S/C14H16N4O3/c1-3-10(12-15-6-7-16-12)18-13(19)11-5-4-9(14(20)21)8(2)17-11/h4-7,10H,3H2,1-2H3,(H,15,16)(H,18,19)(H,20,21). The minimum absolute atomic E-state index is 0.0876. The zero-order valence-corrected chi connectivity index (χ0v) is 11.8. The number of hydrogen-bond donors (Lipinski definition) is 3. The number of carboxylic acids is 1. The summed E-state index contributed by atoms with van der Waals surface area (Å²) in [6, 6.07) is 2.54. The number of aromatic nitrogens is 3. The van der Waals surface area contributed by atoms with E-state index in [1.807, 2.05) is 6.92 Å². The Bertz CT molecular complexity index is 652. The first kappa shape index (κ1) is 14.7. The second-order valence-electron chi connectivity index (χ2n) is 4.54. The van der Waals surface area contributed by atoms with Crippen molar-refractivity contribution >= 4 is 11.9 Å². The van der Waals surface area contributed by atoms with E-state index in [1.165, 1.54) is 12.1 Å². The van der Waals surface area contributed by atoms with E-state index in [9.17, 15) is 9.59 Å². The third-order valence-electron chi connectivity index (χ3n) is 3.11. The van der Waals surface area contributed by atoms with Gasteiger partial charge in [-0.25, -0.2) is 14.8 Å². The van der Waals surface area contributed by atoms with Crippen LogP contribution in [-0.2, 0) is 0 Å². The summed E-state index contributed by atoms with van der Waals surface area (Å²) in [5, 5.41) is 11.8. The summed E-state index contributed by atoms with van der Waals surface area (Å²) < 4.78 is 0. The molecule has 7 heteroatoms. The maximum absolute atomic E-state index is 12.2. The molecule has 1 amide bonds. The van der Waals surface area contributed by atoms with Gasteiger partial charge >= 0.3 is 5.97 Å². The van der Waals surface area contributed by atoms with Gasteiger partial charge in [0.25, 0.3) is 5.91 Å². The van der Waals surface area contributed by atoms with E-state index in [0.29, 0.717) is 17.9 Å². The number of aromatic carboxylic acids is 1. The van der Waals surface area contributed by atoms with Crippen molar-refractivity contribution in [2.24, 2.45) is 0 Å². The monoisotopic (exact) mass is 288 g/mol. The molecule has 2 rings (SSSR count). The van der Waals surface area contributed by atoms with Gasteiger partial charge in [-0.1, -0.05) is 6.92 Å². The number of rotatable bonds is 5. The second-order valence-corrected chi connectivity index (χ2v) is 4.54. The third-order valence-corrected chi connectivity index (χ3v) is 3.11. The molecule has 3 N–H and O–H groups in total. The summed E-state index contributed by atoms with van der Waals surface area (Å²) in [5.74, 6) is -0.753. The number of H-pyrrole nitrogens is 1. The van der Waals surface area contributed by atoms with Crippen molar-refractivity contribution in [2.45, 2.75) is 26.3 Å². The molecule has 1 unspecified atom stereocenters. The molecule has 7 nitrogen and oxygen atoms in total. The van der Waals surface area contributed by atoms with E-state index in [0.717, 1.165) is 0 Å². The lowest BCUT2D eigenvalue weighted by atomic mass is 10.1. The van der Waals surface area contributed by atoms with E-state index in [1.54, 1.807) is 19.3 Å². The molecule has 110 valence electrons. The van der Waals surface area contributed by atoms with Crippen molar-refractivity contribution in [1.29, 1.82) is 0 Å². The number of carbonyl (C=O) groups is 2. The highest BCUT2D eigenvalue weighted by Gasteiger charge is 2.18. The first-order chi connectivity index (χ1) is 10.0. The Labute approximate surface area is 121 Å². The Morgan fingerprint density at radius 2 is 2.19 bits per heavy atom. The fourth-order valence-corrected chi connectivity index (χ4v) is 1.98. The number of pyridine rings is 1. The quantitative estimate of drug-likeness (QED) is 0.776. The maximum atomic E-state index is 12.2. The molecule has 2 aromatic rings. The lowest BCUT2D eigenvalue weighted by Gasteiger charge is -2.14. The number of hydrogen-bond acceptors (Lipinski definition) is 4. The summed E-state index contributed by atoms with van der Waals surface area (Å²) in [7, 11) is 0. The van der Waals surface area contributed by atoms with Gasteiger partial charge in [-0.05, 0) is 25.5 Å². The number of imidazole rings is 1. The van der Waals surface area contributed by atoms with Crippen LogP contribution in [0, 0.1) is 6.92 Å². The lowest BCUT2D eigenvalue weighted by Crippen LogP contribution is -2.29. The summed E-state index contributed by atoms with van der Waals surface area (Å²) in [6.45, 7) is 3.49. The largest absolute Gasteiger partial charge is 0.478 e. The summed E-state index contributed by atoms with van der Waals surface area (Å²) in [5.41, 5.74) is 0.577. The van der Waals surface area contributed by atoms with Crippen LogP contribution in [0.2, 0.25) is 0 Å². The summed E-state index contributed by atoms with van der Waals surface area (Å²) >= 11 is 0. The van der Waals surface area contributed by atoms with Crippen molar-refractivity contribution in [3.05, 3.63) is 47.3 Å². The molecule has 0 fully saturated rings. The second kappa shape index (κ2) is 6.17. The van der Waals surface area contributed by atoms with Crippen LogP contribution in [0.25, 0.3) is 0 Å². The molecule has 0 aliphatic rings. The number of carbonyl (C=O) groups excluding carboxylic acids is 1. The van der Waals surface area contributed by atoms with Crippen LogP contribution in [0.15, 0.2) is 24.5 Å². The Kier molecular flexibility index (Phi) is 4.32. The number of aromatic amines is 1. The molecule has 2 aromatic heterocycles. The molecule has 0 saturated heterocycles. The molecule has 0 aliphatic carbocycles. The molecule has 1 atom stereocenters. The Balaban J connectivity index is 2.16. The average molecular weight is 288 g/mol. The van der Waals surface area contributed by atoms with Crippen LogP contribution in [-0.4, -0.2) is 31.9 Å². The first-order valence-corrected chi connectivity index (χ1v) is 6.54. The predicted octanol–water partition coefficient (Wildman–Crippen LogP) is 1.69. The van der Waals surface area contributed by atoms with Crippen molar-refractivity contribution in [2.75, 3.05) is 0 Å². The van der Waals surface area contributed by atoms with Crippen molar-refractivity contribution in [1.82, 2.24) is 20.3 Å². The highest BCUT2D eigenvalue weighted by Crippen LogP contribution is 2.13. The van der Waals surface area contributed by atoms with Gasteiger partial charge in [0, 0.05) is 12.4 Å². The number of nitrogens with one attached hydrogen (secondary N) is 2. The molecule has 2 heterocycles. The smallest absolute Gasteiger partial charge is 0.337 e. The molecule has 21 heavy (non-hydrogen) atoms. The van der Waals surface area contributed by atoms with Gasteiger partial charge in [0.05, 0.1) is 17.3 Å². The fourth-order valence-electron chi connectivity index (χ4n) is 1.98. The lowest BCUT2D eigenvalue weighted by molar-refractivity contribution is 0.0694. The molecule has 0 bridgehead atoms. The van der Waals surface area contributed by atoms with Crippen LogP contribution in [0.1, 0.15) is 51.8 Å². The van der Waals surface area contributed by atoms with Gasteiger partial charge in [0.2, 0.25) is 0 Å². The van der Waals surface area contributed by atoms with Crippen molar-refractivity contribution < 1.29 is 14.7 Å². The summed E-state index contributed by atoms with van der Waals surface area (Å²) in [4.78, 5) is 34.2. The van der Waals surface area contributed by atoms with Gasteiger partial charge in [-0.3, -0.25) is 4.79 Å². The molecule has 0 radical (unpaired) electrons. The number of aryl methyl sites for hydroxylation is 1. The zero-order valence-electron chi connectivity index (χ0n) is 11.8. The van der Waals surface area contributed by atoms with E-state index >= 15 is 0 Å². The van der Waals surface area contributed by atoms with Crippen LogP contribution in [0.3, 0.4) is 0 Å². The molecule has 0 aromatic carbocycles. The van der Waals surface area contributed by atoms with Crippen molar-refractivity contribution in [3.8, 4) is 0 Å². The van der Waals surface area contributed by atoms with Crippen LogP contribution >= 0.6 is 0 Å². The molecule has 0 aliphatic heterocycles. The molecular formula is C14H16N4O3. The van der Waals surface area contributed by atoms with E-state index in [4.69, 9.17) is 5.11 Å².